The third-order valence-corrected chi connectivity index (χ3v) is 8.07. The van der Waals surface area contributed by atoms with Gasteiger partial charge in [-0.05, 0) is 80.0 Å². The van der Waals surface area contributed by atoms with Crippen molar-refractivity contribution in [1.29, 1.82) is 0 Å². The molecule has 6 nitrogen and oxygen atoms in total. The Hall–Kier alpha value is -2.93. The number of benzene rings is 1. The molecule has 3 aromatic rings. The summed E-state index contributed by atoms with van der Waals surface area (Å²) in [4.78, 5) is 30.9. The minimum atomic E-state index is -0.0447. The molecule has 0 unspecified atom stereocenters. The molecule has 34 heavy (non-hydrogen) atoms. The molecule has 2 N–H and O–H groups in total. The summed E-state index contributed by atoms with van der Waals surface area (Å²) in [5.74, 6) is 1.59. The summed E-state index contributed by atoms with van der Waals surface area (Å²) in [7, 11) is 0. The van der Waals surface area contributed by atoms with E-state index in [0.717, 1.165) is 42.5 Å². The number of aromatic nitrogens is 1. The third-order valence-electron chi connectivity index (χ3n) is 7.00. The molecule has 1 fully saturated rings. The molecule has 2 aliphatic carbocycles. The van der Waals surface area contributed by atoms with E-state index in [4.69, 9.17) is 4.42 Å². The molecule has 5 rings (SSSR count). The molecule has 1 saturated carbocycles. The Balaban J connectivity index is 1.27. The van der Waals surface area contributed by atoms with E-state index < -0.39 is 0 Å². The van der Waals surface area contributed by atoms with Crippen molar-refractivity contribution in [3.05, 3.63) is 57.1 Å². The number of aryl methyl sites for hydroxylation is 2. The predicted molar refractivity (Wildman–Crippen MR) is 134 cm³/mol. The Morgan fingerprint density at radius 1 is 1.12 bits per heavy atom. The molecule has 1 aromatic carbocycles. The highest BCUT2D eigenvalue weighted by Gasteiger charge is 2.22. The molecule has 0 bridgehead atoms. The Morgan fingerprint density at radius 3 is 2.76 bits per heavy atom. The van der Waals surface area contributed by atoms with Gasteiger partial charge in [-0.15, -0.1) is 11.3 Å². The number of oxazole rings is 1. The van der Waals surface area contributed by atoms with Gasteiger partial charge in [0.05, 0.1) is 22.7 Å². The summed E-state index contributed by atoms with van der Waals surface area (Å²) in [6.45, 7) is 2.16. The molecule has 0 radical (unpaired) electrons. The van der Waals surface area contributed by atoms with Gasteiger partial charge >= 0.3 is 0 Å². The first-order valence-electron chi connectivity index (χ1n) is 12.3. The minimum absolute atomic E-state index is 0.0365. The van der Waals surface area contributed by atoms with Crippen molar-refractivity contribution in [2.24, 2.45) is 5.92 Å². The van der Waals surface area contributed by atoms with Crippen molar-refractivity contribution in [3.8, 4) is 11.5 Å². The van der Waals surface area contributed by atoms with Crippen molar-refractivity contribution < 1.29 is 14.0 Å². The number of hydrogen-bond acceptors (Lipinski definition) is 5. The second-order valence-electron chi connectivity index (χ2n) is 9.43. The van der Waals surface area contributed by atoms with Gasteiger partial charge in [-0.3, -0.25) is 9.59 Å². The average Bonchev–Trinajstić information content (AvgIpc) is 3.58. The normalized spacial score (nSPS) is 15.8. The van der Waals surface area contributed by atoms with E-state index in [1.54, 1.807) is 0 Å². The molecule has 7 heteroatoms. The first-order valence-corrected chi connectivity index (χ1v) is 13.2. The van der Waals surface area contributed by atoms with Crippen LogP contribution in [0.15, 0.2) is 34.1 Å². The monoisotopic (exact) mass is 477 g/mol. The van der Waals surface area contributed by atoms with Crippen molar-refractivity contribution in [2.45, 2.75) is 71.3 Å². The number of thiophene rings is 1. The number of hydrogen-bond donors (Lipinski definition) is 2. The van der Waals surface area contributed by atoms with Gasteiger partial charge in [-0.25, -0.2) is 4.98 Å². The minimum Gasteiger partial charge on any atom is -0.441 e. The molecule has 178 valence electrons. The van der Waals surface area contributed by atoms with E-state index in [9.17, 15) is 9.59 Å². The van der Waals surface area contributed by atoms with Gasteiger partial charge in [-0.2, -0.15) is 0 Å². The SMILES string of the molecule is Cc1oc(-c2ccccc2NC(=O)CC2CCCC2)nc1CNC(=O)c1scc2c1CCCC2. The fourth-order valence-electron chi connectivity index (χ4n) is 5.12. The summed E-state index contributed by atoms with van der Waals surface area (Å²) in [5, 5.41) is 8.20. The molecular weight excluding hydrogens is 446 g/mol. The molecule has 0 atom stereocenters. The quantitative estimate of drug-likeness (QED) is 0.435. The molecule has 2 aliphatic rings. The van der Waals surface area contributed by atoms with Crippen LogP contribution in [0.3, 0.4) is 0 Å². The van der Waals surface area contributed by atoms with Crippen LogP contribution in [0.2, 0.25) is 0 Å². The predicted octanol–water partition coefficient (Wildman–Crippen LogP) is 6.04. The largest absolute Gasteiger partial charge is 0.441 e. The number of carbonyl (C=O) groups excluding carboxylic acids is 2. The smallest absolute Gasteiger partial charge is 0.261 e. The summed E-state index contributed by atoms with van der Waals surface area (Å²) >= 11 is 1.54. The average molecular weight is 478 g/mol. The number of para-hydroxylation sites is 1. The number of rotatable bonds is 7. The van der Waals surface area contributed by atoms with Gasteiger partial charge in [0.1, 0.15) is 11.5 Å². The lowest BCUT2D eigenvalue weighted by Gasteiger charge is -2.12. The summed E-state index contributed by atoms with van der Waals surface area (Å²) in [5.41, 5.74) is 4.69. The number of nitrogens with zero attached hydrogens (tertiary/aromatic N) is 1. The fourth-order valence-corrected chi connectivity index (χ4v) is 6.19. The van der Waals surface area contributed by atoms with Crippen LogP contribution in [0.1, 0.15) is 77.2 Å². The zero-order valence-corrected chi connectivity index (χ0v) is 20.4. The van der Waals surface area contributed by atoms with E-state index in [1.807, 2.05) is 31.2 Å². The van der Waals surface area contributed by atoms with Crippen LogP contribution in [0.4, 0.5) is 5.69 Å². The summed E-state index contributed by atoms with van der Waals surface area (Å²) in [6, 6.07) is 7.58. The van der Waals surface area contributed by atoms with E-state index in [1.165, 1.54) is 41.7 Å². The number of amides is 2. The summed E-state index contributed by atoms with van der Waals surface area (Å²) < 4.78 is 5.96. The Kier molecular flexibility index (Phi) is 6.81. The summed E-state index contributed by atoms with van der Waals surface area (Å²) in [6.07, 6.45) is 9.67. The van der Waals surface area contributed by atoms with E-state index in [-0.39, 0.29) is 11.8 Å². The zero-order chi connectivity index (χ0) is 23.5. The van der Waals surface area contributed by atoms with Crippen molar-refractivity contribution in [1.82, 2.24) is 10.3 Å². The van der Waals surface area contributed by atoms with Gasteiger partial charge in [0.25, 0.3) is 5.91 Å². The number of carbonyl (C=O) groups is 2. The van der Waals surface area contributed by atoms with Crippen molar-refractivity contribution in [3.63, 3.8) is 0 Å². The van der Waals surface area contributed by atoms with E-state index in [0.29, 0.717) is 41.9 Å². The lowest BCUT2D eigenvalue weighted by molar-refractivity contribution is -0.117. The third kappa shape index (κ3) is 4.94. The maximum Gasteiger partial charge on any atom is 0.261 e. The van der Waals surface area contributed by atoms with Crippen LogP contribution >= 0.6 is 11.3 Å². The van der Waals surface area contributed by atoms with Crippen LogP contribution in [0.25, 0.3) is 11.5 Å². The van der Waals surface area contributed by atoms with Crippen LogP contribution in [0, 0.1) is 12.8 Å². The molecule has 2 amide bonds. The van der Waals surface area contributed by atoms with Crippen LogP contribution in [-0.4, -0.2) is 16.8 Å². The van der Waals surface area contributed by atoms with Gasteiger partial charge in [0, 0.05) is 6.42 Å². The highest BCUT2D eigenvalue weighted by Crippen LogP contribution is 2.32. The van der Waals surface area contributed by atoms with Gasteiger partial charge < -0.3 is 15.1 Å². The van der Waals surface area contributed by atoms with Gasteiger partial charge in [-0.1, -0.05) is 25.0 Å². The highest BCUT2D eigenvalue weighted by atomic mass is 32.1. The molecule has 2 heterocycles. The second-order valence-corrected chi connectivity index (χ2v) is 10.3. The van der Waals surface area contributed by atoms with E-state index in [2.05, 4.69) is 21.0 Å². The molecular formula is C27H31N3O3S. The Morgan fingerprint density at radius 2 is 1.91 bits per heavy atom. The highest BCUT2D eigenvalue weighted by molar-refractivity contribution is 7.12. The lowest BCUT2D eigenvalue weighted by atomic mass is 9.94. The number of anilines is 1. The molecule has 0 aliphatic heterocycles. The maximum atomic E-state index is 12.9. The standard InChI is InChI=1S/C27H31N3O3S/c1-17-23(15-28-26(32)25-20-11-5-4-10-19(20)16-34-25)30-27(33-17)21-12-6-7-13-22(21)29-24(31)14-18-8-2-3-9-18/h6-7,12-13,16,18H,2-5,8-11,14-15H2,1H3,(H,28,32)(H,29,31). The topological polar surface area (TPSA) is 84.2 Å². The Labute approximate surface area is 204 Å². The first kappa shape index (κ1) is 22.8. The Bertz CT molecular complexity index is 1190. The first-order chi connectivity index (χ1) is 16.6. The fraction of sp³-hybridized carbons (Fsp3) is 0.444. The lowest BCUT2D eigenvalue weighted by Crippen LogP contribution is -2.24. The number of fused-ring (bicyclic) bond motifs is 1. The molecule has 0 spiro atoms. The van der Waals surface area contributed by atoms with Gasteiger partial charge in [0.15, 0.2) is 0 Å². The maximum absolute atomic E-state index is 12.9. The van der Waals surface area contributed by atoms with Crippen molar-refractivity contribution >= 4 is 28.8 Å². The molecule has 0 saturated heterocycles. The molecule has 2 aromatic heterocycles. The van der Waals surface area contributed by atoms with Crippen LogP contribution in [-0.2, 0) is 24.2 Å². The van der Waals surface area contributed by atoms with Gasteiger partial charge in [0.2, 0.25) is 11.8 Å². The van der Waals surface area contributed by atoms with Crippen LogP contribution in [0.5, 0.6) is 0 Å². The number of nitrogens with one attached hydrogen (secondary N) is 2. The van der Waals surface area contributed by atoms with E-state index >= 15 is 0 Å². The van der Waals surface area contributed by atoms with Crippen molar-refractivity contribution in [2.75, 3.05) is 5.32 Å². The second kappa shape index (κ2) is 10.1. The van der Waals surface area contributed by atoms with Crippen LogP contribution < -0.4 is 10.6 Å². The zero-order valence-electron chi connectivity index (χ0n) is 19.6.